The quantitative estimate of drug-likeness (QED) is 0.863. The summed E-state index contributed by atoms with van der Waals surface area (Å²) in [5, 5.41) is 8.97. The van der Waals surface area contributed by atoms with Crippen LogP contribution in [0.1, 0.15) is 26.3 Å². The third-order valence-electron chi connectivity index (χ3n) is 2.63. The van der Waals surface area contributed by atoms with Gasteiger partial charge in [0.2, 0.25) is 0 Å². The van der Waals surface area contributed by atoms with Crippen LogP contribution in [0.25, 0.3) is 0 Å². The van der Waals surface area contributed by atoms with Gasteiger partial charge in [-0.15, -0.1) is 0 Å². The molecule has 1 aromatic rings. The summed E-state index contributed by atoms with van der Waals surface area (Å²) in [5.41, 5.74) is 0.902. The monoisotopic (exact) mass is 377 g/mol. The number of rotatable bonds is 4. The van der Waals surface area contributed by atoms with E-state index in [2.05, 4.69) is 31.9 Å². The highest BCUT2D eigenvalue weighted by Gasteiger charge is 2.23. The van der Waals surface area contributed by atoms with Gasteiger partial charge >= 0.3 is 5.97 Å². The smallest absolute Gasteiger partial charge is 0.317 e. The van der Waals surface area contributed by atoms with E-state index in [9.17, 15) is 4.79 Å². The minimum atomic E-state index is -0.805. The van der Waals surface area contributed by atoms with E-state index in [1.807, 2.05) is 43.9 Å². The van der Waals surface area contributed by atoms with Gasteiger partial charge in [-0.1, -0.05) is 6.07 Å². The summed E-state index contributed by atoms with van der Waals surface area (Å²) in [6, 6.07) is 5.96. The Morgan fingerprint density at radius 1 is 1.28 bits per heavy atom. The molecule has 0 heterocycles. The van der Waals surface area contributed by atoms with Crippen LogP contribution in [-0.4, -0.2) is 28.1 Å². The third kappa shape index (κ3) is 4.71. The Morgan fingerprint density at radius 3 is 2.33 bits per heavy atom. The molecule has 0 amide bonds. The second kappa shape index (κ2) is 6.17. The van der Waals surface area contributed by atoms with Gasteiger partial charge in [0.15, 0.2) is 0 Å². The maximum Gasteiger partial charge on any atom is 0.317 e. The lowest BCUT2D eigenvalue weighted by Gasteiger charge is -2.34. The van der Waals surface area contributed by atoms with E-state index in [1.54, 1.807) is 0 Å². The standard InChI is InChI=1S/C13H17Br2NO2/c1-13(2,3)16(8-12(17)18)7-9-4-5-10(14)11(15)6-9/h4-6H,7-8H2,1-3H3,(H,17,18). The van der Waals surface area contributed by atoms with Crippen molar-refractivity contribution in [3.8, 4) is 0 Å². The third-order valence-corrected chi connectivity index (χ3v) is 4.51. The minimum Gasteiger partial charge on any atom is -0.480 e. The van der Waals surface area contributed by atoms with Crippen molar-refractivity contribution in [2.75, 3.05) is 6.54 Å². The molecular formula is C13H17Br2NO2. The number of carboxylic acids is 1. The summed E-state index contributed by atoms with van der Waals surface area (Å²) in [6.07, 6.45) is 0. The van der Waals surface area contributed by atoms with E-state index < -0.39 is 5.97 Å². The summed E-state index contributed by atoms with van der Waals surface area (Å²) in [5.74, 6) is -0.805. The molecule has 0 aliphatic carbocycles. The first kappa shape index (κ1) is 15.7. The first-order valence-corrected chi connectivity index (χ1v) is 7.19. The molecule has 0 spiro atoms. The molecule has 1 N–H and O–H groups in total. The predicted octanol–water partition coefficient (Wildman–Crippen LogP) is 3.90. The largest absolute Gasteiger partial charge is 0.480 e. The van der Waals surface area contributed by atoms with Crippen LogP contribution in [0.15, 0.2) is 27.1 Å². The zero-order valence-corrected chi connectivity index (χ0v) is 13.9. The molecule has 0 aliphatic heterocycles. The molecule has 0 radical (unpaired) electrons. The Kier molecular flexibility index (Phi) is 5.37. The maximum absolute atomic E-state index is 10.9. The average Bonchev–Trinajstić information content (AvgIpc) is 2.20. The number of aliphatic carboxylic acids is 1. The summed E-state index contributed by atoms with van der Waals surface area (Å²) >= 11 is 6.88. The van der Waals surface area contributed by atoms with Gasteiger partial charge in [0.25, 0.3) is 0 Å². The Labute approximate surface area is 124 Å². The molecule has 0 saturated carbocycles. The van der Waals surface area contributed by atoms with E-state index in [1.165, 1.54) is 0 Å². The SMILES string of the molecule is CC(C)(C)N(CC(=O)O)Cc1ccc(Br)c(Br)c1. The summed E-state index contributed by atoms with van der Waals surface area (Å²) in [6.45, 7) is 6.70. The van der Waals surface area contributed by atoms with Gasteiger partial charge in [0.05, 0.1) is 6.54 Å². The van der Waals surface area contributed by atoms with E-state index >= 15 is 0 Å². The lowest BCUT2D eigenvalue weighted by molar-refractivity contribution is -0.139. The zero-order valence-electron chi connectivity index (χ0n) is 10.7. The van der Waals surface area contributed by atoms with Crippen molar-refractivity contribution < 1.29 is 9.90 Å². The highest BCUT2D eigenvalue weighted by molar-refractivity contribution is 9.13. The van der Waals surface area contributed by atoms with Gasteiger partial charge in [0.1, 0.15) is 0 Å². The molecule has 0 saturated heterocycles. The summed E-state index contributed by atoms with van der Waals surface area (Å²) in [7, 11) is 0. The summed E-state index contributed by atoms with van der Waals surface area (Å²) in [4.78, 5) is 12.8. The average molecular weight is 379 g/mol. The van der Waals surface area contributed by atoms with Gasteiger partial charge < -0.3 is 5.11 Å². The van der Waals surface area contributed by atoms with Crippen LogP contribution in [0.2, 0.25) is 0 Å². The number of carboxylic acid groups (broad SMARTS) is 1. The molecule has 1 aromatic carbocycles. The lowest BCUT2D eigenvalue weighted by Crippen LogP contribution is -2.43. The molecule has 0 fully saturated rings. The highest BCUT2D eigenvalue weighted by atomic mass is 79.9. The molecular weight excluding hydrogens is 362 g/mol. The van der Waals surface area contributed by atoms with Crippen molar-refractivity contribution in [2.45, 2.75) is 32.9 Å². The Hall–Kier alpha value is -0.390. The van der Waals surface area contributed by atoms with Gasteiger partial charge in [-0.05, 0) is 70.3 Å². The normalized spacial score (nSPS) is 11.9. The van der Waals surface area contributed by atoms with Crippen molar-refractivity contribution in [3.63, 3.8) is 0 Å². The Balaban J connectivity index is 2.89. The molecule has 3 nitrogen and oxygen atoms in total. The number of halogens is 2. The first-order chi connectivity index (χ1) is 8.20. The van der Waals surface area contributed by atoms with Crippen molar-refractivity contribution in [2.24, 2.45) is 0 Å². The minimum absolute atomic E-state index is 0.0389. The molecule has 0 aromatic heterocycles. The fourth-order valence-electron chi connectivity index (χ4n) is 1.55. The van der Waals surface area contributed by atoms with Crippen LogP contribution in [0.4, 0.5) is 0 Å². The number of benzene rings is 1. The molecule has 5 heteroatoms. The predicted molar refractivity (Wildman–Crippen MR) is 79.6 cm³/mol. The van der Waals surface area contributed by atoms with Gasteiger partial charge in [-0.2, -0.15) is 0 Å². The number of hydrogen-bond acceptors (Lipinski definition) is 2. The molecule has 0 atom stereocenters. The number of hydrogen-bond donors (Lipinski definition) is 1. The van der Waals surface area contributed by atoms with Crippen LogP contribution in [-0.2, 0) is 11.3 Å². The second-order valence-corrected chi connectivity index (χ2v) is 6.88. The zero-order chi connectivity index (χ0) is 13.9. The second-order valence-electron chi connectivity index (χ2n) is 5.17. The molecule has 100 valence electrons. The van der Waals surface area contributed by atoms with Crippen molar-refractivity contribution in [1.29, 1.82) is 0 Å². The van der Waals surface area contributed by atoms with E-state index in [-0.39, 0.29) is 12.1 Å². The van der Waals surface area contributed by atoms with Crippen LogP contribution >= 0.6 is 31.9 Å². The maximum atomic E-state index is 10.9. The summed E-state index contributed by atoms with van der Waals surface area (Å²) < 4.78 is 1.97. The molecule has 0 unspecified atom stereocenters. The van der Waals surface area contributed by atoms with E-state index in [4.69, 9.17) is 5.11 Å². The first-order valence-electron chi connectivity index (χ1n) is 5.61. The lowest BCUT2D eigenvalue weighted by atomic mass is 10.0. The van der Waals surface area contributed by atoms with Crippen molar-refractivity contribution >= 4 is 37.8 Å². The topological polar surface area (TPSA) is 40.5 Å². The fourth-order valence-corrected chi connectivity index (χ4v) is 2.22. The van der Waals surface area contributed by atoms with Crippen LogP contribution in [0.3, 0.4) is 0 Å². The van der Waals surface area contributed by atoms with Crippen molar-refractivity contribution in [1.82, 2.24) is 4.90 Å². The van der Waals surface area contributed by atoms with E-state index in [0.717, 1.165) is 14.5 Å². The Bertz CT molecular complexity index is 441. The van der Waals surface area contributed by atoms with Crippen LogP contribution in [0, 0.1) is 0 Å². The van der Waals surface area contributed by atoms with E-state index in [0.29, 0.717) is 6.54 Å². The fraction of sp³-hybridized carbons (Fsp3) is 0.462. The number of carbonyl (C=O) groups is 1. The van der Waals surface area contributed by atoms with Crippen LogP contribution in [0.5, 0.6) is 0 Å². The van der Waals surface area contributed by atoms with Gasteiger partial charge in [-0.3, -0.25) is 9.69 Å². The molecule has 0 bridgehead atoms. The van der Waals surface area contributed by atoms with Gasteiger partial charge in [-0.25, -0.2) is 0 Å². The molecule has 1 rings (SSSR count). The molecule has 18 heavy (non-hydrogen) atoms. The van der Waals surface area contributed by atoms with Gasteiger partial charge in [0, 0.05) is 21.0 Å². The number of nitrogens with zero attached hydrogens (tertiary/aromatic N) is 1. The highest BCUT2D eigenvalue weighted by Crippen LogP contribution is 2.25. The van der Waals surface area contributed by atoms with Crippen molar-refractivity contribution in [3.05, 3.63) is 32.7 Å². The molecule has 0 aliphatic rings. The van der Waals surface area contributed by atoms with Crippen LogP contribution < -0.4 is 0 Å². The Morgan fingerprint density at radius 2 is 1.89 bits per heavy atom.